The molecule has 2 aliphatic heterocycles. The summed E-state index contributed by atoms with van der Waals surface area (Å²) in [6.07, 6.45) is -21.0. The fraction of sp³-hybridized carbons (Fsp3) is 0.300. The molecular formula is C40H24F12N2O5. The number of nitrogens with zero attached hydrogens (tertiary/aromatic N) is 2. The Morgan fingerprint density at radius 3 is 1.47 bits per heavy atom. The van der Waals surface area contributed by atoms with Gasteiger partial charge in [-0.15, -0.1) is 0 Å². The lowest BCUT2D eigenvalue weighted by molar-refractivity contribution is -0.144. The standard InChI is InChI=1S/C40H24F12N2O5/c41-37(42,43)17-9-18(38(44,45)46)12-21(11-17)53-33(56)25-7-6-24-26(29(25)35(53)58)15-27-32(31(24)30-23-4-2-1-3-16(23)5-8-28(30)55)36(59)54(34(27)57)22-13-19(39(47,48)49)10-20(14-22)40(50,51)52/h1-6,8-14,25-27,29,31-32,55H,7,15H2/t25-,26+,27+,29-,31+,32+/m0/s1. The maximum atomic E-state index is 14.5. The number of aromatic hydroxyl groups is 1. The summed E-state index contributed by atoms with van der Waals surface area (Å²) in [4.78, 5) is 57.4. The Morgan fingerprint density at radius 2 is 0.983 bits per heavy atom. The van der Waals surface area contributed by atoms with Gasteiger partial charge in [0.2, 0.25) is 23.6 Å². The molecule has 7 nitrogen and oxygen atoms in total. The average Bonchev–Trinajstić information content (AvgIpc) is 3.55. The highest BCUT2D eigenvalue weighted by atomic mass is 19.4. The first kappa shape index (κ1) is 39.9. The highest BCUT2D eigenvalue weighted by Crippen LogP contribution is 2.60. The molecule has 2 heterocycles. The van der Waals surface area contributed by atoms with E-state index in [2.05, 4.69) is 0 Å². The Kier molecular flexibility index (Phi) is 8.84. The number of anilines is 2. The maximum Gasteiger partial charge on any atom is 0.416 e. The largest absolute Gasteiger partial charge is 0.508 e. The van der Waals surface area contributed by atoms with Gasteiger partial charge in [-0.25, -0.2) is 9.80 Å². The van der Waals surface area contributed by atoms with Gasteiger partial charge in [-0.05, 0) is 72.0 Å². The van der Waals surface area contributed by atoms with Crippen LogP contribution in [0.3, 0.4) is 0 Å². The van der Waals surface area contributed by atoms with E-state index in [1.54, 1.807) is 18.2 Å². The monoisotopic (exact) mass is 840 g/mol. The Hall–Kier alpha value is -5.88. The summed E-state index contributed by atoms with van der Waals surface area (Å²) in [6.45, 7) is 0. The zero-order valence-corrected chi connectivity index (χ0v) is 29.4. The quantitative estimate of drug-likeness (QED) is 0.126. The molecule has 1 N–H and O–H groups in total. The van der Waals surface area contributed by atoms with Crippen LogP contribution in [0.1, 0.15) is 46.6 Å². The van der Waals surface area contributed by atoms with E-state index in [1.807, 2.05) is 0 Å². The van der Waals surface area contributed by atoms with E-state index in [4.69, 9.17) is 0 Å². The van der Waals surface area contributed by atoms with Crippen molar-refractivity contribution in [1.82, 2.24) is 0 Å². The van der Waals surface area contributed by atoms with Crippen molar-refractivity contribution in [3.63, 3.8) is 0 Å². The fourth-order valence-corrected chi connectivity index (χ4v) is 9.16. The number of benzene rings is 4. The van der Waals surface area contributed by atoms with Gasteiger partial charge in [-0.1, -0.05) is 42.0 Å². The lowest BCUT2D eigenvalue weighted by Crippen LogP contribution is -2.43. The molecule has 2 aliphatic carbocycles. The van der Waals surface area contributed by atoms with E-state index < -0.39 is 130 Å². The van der Waals surface area contributed by atoms with Crippen LogP contribution in [0.5, 0.6) is 5.75 Å². The molecule has 0 radical (unpaired) electrons. The summed E-state index contributed by atoms with van der Waals surface area (Å²) in [6, 6.07) is 9.42. The number of imide groups is 2. The van der Waals surface area contributed by atoms with Crippen molar-refractivity contribution >= 4 is 45.8 Å². The van der Waals surface area contributed by atoms with Gasteiger partial charge in [0.15, 0.2) is 0 Å². The second-order valence-corrected chi connectivity index (χ2v) is 14.8. The molecule has 8 rings (SSSR count). The average molecular weight is 841 g/mol. The minimum absolute atomic E-state index is 0.0168. The number of alkyl halides is 12. The highest BCUT2D eigenvalue weighted by Gasteiger charge is 2.63. The first-order chi connectivity index (χ1) is 27.4. The number of rotatable bonds is 3. The second-order valence-electron chi connectivity index (χ2n) is 14.8. The summed E-state index contributed by atoms with van der Waals surface area (Å²) in [5.41, 5.74) is -9.29. The molecule has 4 aromatic carbocycles. The smallest absolute Gasteiger partial charge is 0.416 e. The molecule has 0 unspecified atom stereocenters. The van der Waals surface area contributed by atoms with Crippen molar-refractivity contribution in [1.29, 1.82) is 0 Å². The zero-order chi connectivity index (χ0) is 42.9. The number of phenolic OH excluding ortho intramolecular Hbond substituents is 1. The molecular weight excluding hydrogens is 816 g/mol. The van der Waals surface area contributed by atoms with Crippen molar-refractivity contribution in [3.8, 4) is 5.75 Å². The van der Waals surface area contributed by atoms with Crippen LogP contribution in [0.25, 0.3) is 10.8 Å². The van der Waals surface area contributed by atoms with E-state index in [0.29, 0.717) is 5.39 Å². The Labute approximate surface area is 323 Å². The van der Waals surface area contributed by atoms with Gasteiger partial charge in [0.25, 0.3) is 0 Å². The molecule has 0 bridgehead atoms. The summed E-state index contributed by atoms with van der Waals surface area (Å²) < 4.78 is 167. The molecule has 3 fully saturated rings. The number of allylic oxidation sites excluding steroid dienone is 2. The number of hydrogen-bond donors (Lipinski definition) is 1. The van der Waals surface area contributed by atoms with E-state index >= 15 is 0 Å². The molecule has 0 aromatic heterocycles. The summed E-state index contributed by atoms with van der Waals surface area (Å²) >= 11 is 0. The normalized spacial score (nSPS) is 25.1. The molecule has 59 heavy (non-hydrogen) atoms. The van der Waals surface area contributed by atoms with Crippen LogP contribution in [-0.4, -0.2) is 28.7 Å². The molecule has 2 saturated heterocycles. The van der Waals surface area contributed by atoms with Crippen LogP contribution in [-0.2, 0) is 43.9 Å². The zero-order valence-electron chi connectivity index (χ0n) is 29.4. The maximum absolute atomic E-state index is 14.5. The van der Waals surface area contributed by atoms with Crippen molar-refractivity contribution in [2.75, 3.05) is 9.80 Å². The SMILES string of the molecule is O=C1[C@H]2[C@H](CC=C3[C@H]2C[C@H]2C(=O)N(c4cc(C(F)(F)F)cc(C(F)(F)F)c4)C(=O)[C@H]2[C@H]3c2c(O)ccc3ccccc23)C(=O)N1c1cc(C(F)(F)F)cc(C(F)(F)F)c1. The van der Waals surface area contributed by atoms with Gasteiger partial charge in [0.1, 0.15) is 5.75 Å². The summed E-state index contributed by atoms with van der Waals surface area (Å²) in [5, 5.41) is 12.2. The van der Waals surface area contributed by atoms with Gasteiger partial charge < -0.3 is 5.11 Å². The second kappa shape index (κ2) is 13.1. The van der Waals surface area contributed by atoms with Gasteiger partial charge in [-0.3, -0.25) is 19.2 Å². The molecule has 19 heteroatoms. The van der Waals surface area contributed by atoms with Crippen molar-refractivity contribution < 1.29 is 77.0 Å². The fourth-order valence-electron chi connectivity index (χ4n) is 9.16. The third-order valence-electron chi connectivity index (χ3n) is 11.6. The Balaban J connectivity index is 1.29. The number of phenols is 1. The minimum Gasteiger partial charge on any atom is -0.508 e. The van der Waals surface area contributed by atoms with E-state index in [1.165, 1.54) is 24.3 Å². The topological polar surface area (TPSA) is 95.0 Å². The van der Waals surface area contributed by atoms with Crippen molar-refractivity contribution in [2.24, 2.45) is 29.6 Å². The molecule has 308 valence electrons. The van der Waals surface area contributed by atoms with Crippen LogP contribution in [0.15, 0.2) is 84.4 Å². The molecule has 4 amide bonds. The highest BCUT2D eigenvalue weighted by molar-refractivity contribution is 6.24. The van der Waals surface area contributed by atoms with Gasteiger partial charge in [0.05, 0.1) is 57.3 Å². The number of fused-ring (bicyclic) bond motifs is 5. The third kappa shape index (κ3) is 6.39. The molecule has 4 aromatic rings. The molecule has 4 aliphatic rings. The van der Waals surface area contributed by atoms with Gasteiger partial charge >= 0.3 is 24.7 Å². The van der Waals surface area contributed by atoms with Crippen LogP contribution in [0, 0.1) is 29.6 Å². The third-order valence-corrected chi connectivity index (χ3v) is 11.6. The molecule has 6 atom stereocenters. The van der Waals surface area contributed by atoms with Crippen LogP contribution in [0.4, 0.5) is 64.1 Å². The first-order valence-corrected chi connectivity index (χ1v) is 17.6. The van der Waals surface area contributed by atoms with Crippen molar-refractivity contribution in [3.05, 3.63) is 112 Å². The predicted molar refractivity (Wildman–Crippen MR) is 181 cm³/mol. The van der Waals surface area contributed by atoms with Crippen LogP contribution >= 0.6 is 0 Å². The van der Waals surface area contributed by atoms with Crippen LogP contribution < -0.4 is 9.80 Å². The summed E-state index contributed by atoms with van der Waals surface area (Å²) in [5.74, 6) is -14.4. The molecule has 0 spiro atoms. The number of hydrogen-bond acceptors (Lipinski definition) is 5. The Bertz CT molecular complexity index is 2460. The lowest BCUT2D eigenvalue weighted by Gasteiger charge is -2.44. The summed E-state index contributed by atoms with van der Waals surface area (Å²) in [7, 11) is 0. The number of carbonyl (C=O) groups excluding carboxylic acids is 4. The van der Waals surface area contributed by atoms with E-state index in [0.717, 1.165) is 0 Å². The number of carbonyl (C=O) groups is 4. The Morgan fingerprint density at radius 1 is 0.525 bits per heavy atom. The van der Waals surface area contributed by atoms with Crippen LogP contribution in [0.2, 0.25) is 0 Å². The van der Waals surface area contributed by atoms with E-state index in [-0.39, 0.29) is 69.1 Å². The lowest BCUT2D eigenvalue weighted by atomic mass is 9.56. The van der Waals surface area contributed by atoms with Crippen molar-refractivity contribution in [2.45, 2.75) is 43.5 Å². The molecule has 1 saturated carbocycles. The predicted octanol–water partition coefficient (Wildman–Crippen LogP) is 9.67. The number of halogens is 12. The van der Waals surface area contributed by atoms with Gasteiger partial charge in [0, 0.05) is 11.5 Å². The van der Waals surface area contributed by atoms with E-state index in [9.17, 15) is 77.0 Å². The number of amides is 4. The first-order valence-electron chi connectivity index (χ1n) is 17.6. The minimum atomic E-state index is -5.37. The van der Waals surface area contributed by atoms with Gasteiger partial charge in [-0.2, -0.15) is 52.7 Å².